The zero-order valence-corrected chi connectivity index (χ0v) is 9.41. The van der Waals surface area contributed by atoms with Crippen LogP contribution in [0.2, 0.25) is 0 Å². The molecule has 0 unspecified atom stereocenters. The van der Waals surface area contributed by atoms with Gasteiger partial charge in [-0.2, -0.15) is 0 Å². The van der Waals surface area contributed by atoms with E-state index < -0.39 is 0 Å². The third-order valence-electron chi connectivity index (χ3n) is 2.68. The van der Waals surface area contributed by atoms with Gasteiger partial charge >= 0.3 is 0 Å². The third kappa shape index (κ3) is 2.18. The molecule has 3 heteroatoms. The lowest BCUT2D eigenvalue weighted by Gasteiger charge is -2.07. The monoisotopic (exact) mass is 229 g/mol. The highest BCUT2D eigenvalue weighted by Gasteiger charge is 2.12. The van der Waals surface area contributed by atoms with Crippen LogP contribution in [-0.2, 0) is 0 Å². The number of para-hydroxylation sites is 1. The number of nitrogen functional groups attached to an aromatic ring is 1. The lowest BCUT2D eigenvalue weighted by molar-refractivity contribution is 0.103. The maximum Gasteiger partial charge on any atom is 0.195 e. The molecule has 2 rings (SSSR count). The average molecular weight is 229 g/mol. The van der Waals surface area contributed by atoms with Crippen LogP contribution >= 0.6 is 0 Å². The summed E-state index contributed by atoms with van der Waals surface area (Å²) in [7, 11) is 0. The van der Waals surface area contributed by atoms with E-state index in [1.165, 1.54) is 24.3 Å². The van der Waals surface area contributed by atoms with Crippen LogP contribution in [0.15, 0.2) is 42.5 Å². The number of ketones is 1. The maximum atomic E-state index is 12.8. The number of anilines is 1. The second kappa shape index (κ2) is 4.37. The molecule has 2 aromatic carbocycles. The van der Waals surface area contributed by atoms with E-state index in [-0.39, 0.29) is 11.6 Å². The van der Waals surface area contributed by atoms with Gasteiger partial charge in [0.1, 0.15) is 5.82 Å². The zero-order chi connectivity index (χ0) is 12.4. The molecule has 0 atom stereocenters. The van der Waals surface area contributed by atoms with Crippen LogP contribution < -0.4 is 5.73 Å². The highest BCUT2D eigenvalue weighted by atomic mass is 19.1. The lowest BCUT2D eigenvalue weighted by Crippen LogP contribution is -2.06. The molecule has 2 N–H and O–H groups in total. The normalized spacial score (nSPS) is 10.2. The van der Waals surface area contributed by atoms with Crippen LogP contribution in [0.1, 0.15) is 21.5 Å². The van der Waals surface area contributed by atoms with Gasteiger partial charge in [0.2, 0.25) is 0 Å². The van der Waals surface area contributed by atoms with Gasteiger partial charge in [-0.25, -0.2) is 4.39 Å². The van der Waals surface area contributed by atoms with Gasteiger partial charge in [0.05, 0.1) is 0 Å². The Labute approximate surface area is 98.9 Å². The number of halogens is 1. The fourth-order valence-corrected chi connectivity index (χ4v) is 1.64. The van der Waals surface area contributed by atoms with Crippen molar-refractivity contribution in [3.63, 3.8) is 0 Å². The summed E-state index contributed by atoms with van der Waals surface area (Å²) in [4.78, 5) is 12.1. The van der Waals surface area contributed by atoms with Crippen LogP contribution in [0, 0.1) is 12.7 Å². The Kier molecular flexibility index (Phi) is 2.91. The molecular weight excluding hydrogens is 217 g/mol. The van der Waals surface area contributed by atoms with E-state index in [2.05, 4.69) is 0 Å². The van der Waals surface area contributed by atoms with Crippen molar-refractivity contribution < 1.29 is 9.18 Å². The second-order valence-corrected chi connectivity index (χ2v) is 3.87. The van der Waals surface area contributed by atoms with E-state index in [9.17, 15) is 9.18 Å². The smallest absolute Gasteiger partial charge is 0.195 e. The highest BCUT2D eigenvalue weighted by molar-refractivity contribution is 6.12. The molecule has 0 heterocycles. The van der Waals surface area contributed by atoms with E-state index in [1.54, 1.807) is 12.1 Å². The fourth-order valence-electron chi connectivity index (χ4n) is 1.64. The summed E-state index contributed by atoms with van der Waals surface area (Å²) in [6.45, 7) is 1.84. The Morgan fingerprint density at radius 3 is 2.41 bits per heavy atom. The number of rotatable bonds is 2. The first-order valence-corrected chi connectivity index (χ1v) is 5.25. The first-order chi connectivity index (χ1) is 8.09. The Hall–Kier alpha value is -2.16. The highest BCUT2D eigenvalue weighted by Crippen LogP contribution is 2.20. The van der Waals surface area contributed by atoms with Gasteiger partial charge in [-0.3, -0.25) is 4.79 Å². The first-order valence-electron chi connectivity index (χ1n) is 5.25. The quantitative estimate of drug-likeness (QED) is 0.635. The zero-order valence-electron chi connectivity index (χ0n) is 9.41. The van der Waals surface area contributed by atoms with Gasteiger partial charge in [-0.05, 0) is 42.8 Å². The van der Waals surface area contributed by atoms with Crippen molar-refractivity contribution in [2.24, 2.45) is 0 Å². The van der Waals surface area contributed by atoms with Crippen molar-refractivity contribution in [3.05, 3.63) is 65.0 Å². The first kappa shape index (κ1) is 11.3. The average Bonchev–Trinajstić information content (AvgIpc) is 2.33. The van der Waals surface area contributed by atoms with E-state index in [1.807, 2.05) is 13.0 Å². The van der Waals surface area contributed by atoms with Gasteiger partial charge in [0.25, 0.3) is 0 Å². The predicted molar refractivity (Wildman–Crippen MR) is 65.4 cm³/mol. The molecule has 2 aromatic rings. The standard InChI is InChI=1S/C14H12FNO/c1-9-3-2-4-12(13(9)16)14(17)10-5-7-11(15)8-6-10/h2-8H,16H2,1H3. The molecule has 0 amide bonds. The summed E-state index contributed by atoms with van der Waals surface area (Å²) in [5, 5.41) is 0. The fraction of sp³-hybridized carbons (Fsp3) is 0.0714. The molecule has 0 fully saturated rings. The topological polar surface area (TPSA) is 43.1 Å². The van der Waals surface area contributed by atoms with Crippen LogP contribution in [0.25, 0.3) is 0 Å². The largest absolute Gasteiger partial charge is 0.398 e. The van der Waals surface area contributed by atoms with Crippen molar-refractivity contribution in [2.45, 2.75) is 6.92 Å². The van der Waals surface area contributed by atoms with Crippen molar-refractivity contribution in [2.75, 3.05) is 5.73 Å². The summed E-state index contributed by atoms with van der Waals surface area (Å²) >= 11 is 0. The van der Waals surface area contributed by atoms with Crippen LogP contribution in [0.5, 0.6) is 0 Å². The molecule has 0 saturated carbocycles. The van der Waals surface area contributed by atoms with Gasteiger partial charge in [0.15, 0.2) is 5.78 Å². The van der Waals surface area contributed by atoms with Gasteiger partial charge < -0.3 is 5.73 Å². The predicted octanol–water partition coefficient (Wildman–Crippen LogP) is 2.95. The molecule has 0 bridgehead atoms. The van der Waals surface area contributed by atoms with E-state index in [0.29, 0.717) is 16.8 Å². The maximum absolute atomic E-state index is 12.8. The van der Waals surface area contributed by atoms with Crippen LogP contribution in [-0.4, -0.2) is 5.78 Å². The number of hydrogen-bond acceptors (Lipinski definition) is 2. The van der Waals surface area contributed by atoms with E-state index >= 15 is 0 Å². The molecular formula is C14H12FNO. The molecule has 0 aliphatic heterocycles. The SMILES string of the molecule is Cc1cccc(C(=O)c2ccc(F)cc2)c1N. The Morgan fingerprint density at radius 2 is 1.76 bits per heavy atom. The minimum absolute atomic E-state index is 0.189. The molecule has 0 aliphatic carbocycles. The lowest BCUT2D eigenvalue weighted by atomic mass is 9.99. The number of hydrogen-bond donors (Lipinski definition) is 1. The minimum Gasteiger partial charge on any atom is -0.398 e. The van der Waals surface area contributed by atoms with Gasteiger partial charge in [0, 0.05) is 16.8 Å². The van der Waals surface area contributed by atoms with Gasteiger partial charge in [-0.1, -0.05) is 12.1 Å². The number of aryl methyl sites for hydroxylation is 1. The summed E-state index contributed by atoms with van der Waals surface area (Å²) in [5.74, 6) is -0.551. The summed E-state index contributed by atoms with van der Waals surface area (Å²) in [6.07, 6.45) is 0. The Morgan fingerprint density at radius 1 is 1.12 bits per heavy atom. The summed E-state index contributed by atoms with van der Waals surface area (Å²) < 4.78 is 12.8. The molecule has 0 saturated heterocycles. The minimum atomic E-state index is -0.362. The van der Waals surface area contributed by atoms with Crippen LogP contribution in [0.3, 0.4) is 0 Å². The molecule has 2 nitrogen and oxygen atoms in total. The molecule has 0 aliphatic rings. The number of benzene rings is 2. The van der Waals surface area contributed by atoms with Crippen molar-refractivity contribution >= 4 is 11.5 Å². The summed E-state index contributed by atoms with van der Waals surface area (Å²) in [6, 6.07) is 10.7. The second-order valence-electron chi connectivity index (χ2n) is 3.87. The number of nitrogens with two attached hydrogens (primary N) is 1. The van der Waals surface area contributed by atoms with E-state index in [4.69, 9.17) is 5.73 Å². The molecule has 0 spiro atoms. The molecule has 0 radical (unpaired) electrons. The number of carbonyl (C=O) groups excluding carboxylic acids is 1. The molecule has 17 heavy (non-hydrogen) atoms. The van der Waals surface area contributed by atoms with Crippen molar-refractivity contribution in [3.8, 4) is 0 Å². The Bertz CT molecular complexity index is 561. The van der Waals surface area contributed by atoms with Crippen LogP contribution in [0.4, 0.5) is 10.1 Å². The Balaban J connectivity index is 2.44. The van der Waals surface area contributed by atoms with Gasteiger partial charge in [-0.15, -0.1) is 0 Å². The summed E-state index contributed by atoms with van der Waals surface area (Å²) in [5.41, 5.74) is 8.08. The van der Waals surface area contributed by atoms with Crippen molar-refractivity contribution in [1.29, 1.82) is 0 Å². The molecule has 0 aromatic heterocycles. The van der Waals surface area contributed by atoms with Crippen molar-refractivity contribution in [1.82, 2.24) is 0 Å². The number of carbonyl (C=O) groups is 1. The van der Waals surface area contributed by atoms with E-state index in [0.717, 1.165) is 5.56 Å². The molecule has 86 valence electrons. The third-order valence-corrected chi connectivity index (χ3v) is 2.68.